The minimum Gasteiger partial charge on any atom is -0.508 e. The summed E-state index contributed by atoms with van der Waals surface area (Å²) in [6, 6.07) is 6.24. The van der Waals surface area contributed by atoms with Crippen molar-refractivity contribution in [3.05, 3.63) is 29.3 Å². The topological polar surface area (TPSA) is 20.2 Å². The number of hydrogen-bond acceptors (Lipinski definition) is 1. The first kappa shape index (κ1) is 24.1. The molecular formula is C26H46O. The maximum atomic E-state index is 10.5. The molecule has 0 amide bonds. The van der Waals surface area contributed by atoms with Gasteiger partial charge in [-0.05, 0) is 48.8 Å². The Balaban J connectivity index is 2.55. The van der Waals surface area contributed by atoms with Gasteiger partial charge in [0.2, 0.25) is 0 Å². The number of rotatable bonds is 17. The van der Waals surface area contributed by atoms with Gasteiger partial charge in [0.1, 0.15) is 5.75 Å². The van der Waals surface area contributed by atoms with Crippen molar-refractivity contribution in [2.75, 3.05) is 0 Å². The predicted octanol–water partition coefficient (Wildman–Crippen LogP) is 8.93. The van der Waals surface area contributed by atoms with Crippen LogP contribution in [0.15, 0.2) is 18.2 Å². The van der Waals surface area contributed by atoms with Gasteiger partial charge >= 0.3 is 0 Å². The Hall–Kier alpha value is -0.980. The van der Waals surface area contributed by atoms with E-state index in [0.717, 1.165) is 6.42 Å². The van der Waals surface area contributed by atoms with Crippen molar-refractivity contribution in [3.8, 4) is 5.75 Å². The van der Waals surface area contributed by atoms with Crippen LogP contribution < -0.4 is 0 Å². The highest BCUT2D eigenvalue weighted by atomic mass is 16.3. The van der Waals surface area contributed by atoms with Gasteiger partial charge in [0.25, 0.3) is 0 Å². The molecule has 1 aromatic rings. The maximum Gasteiger partial charge on any atom is 0.119 e. The van der Waals surface area contributed by atoms with Crippen LogP contribution in [-0.2, 0) is 6.42 Å². The van der Waals surface area contributed by atoms with Crippen LogP contribution in [0.3, 0.4) is 0 Å². The maximum absolute atomic E-state index is 10.5. The van der Waals surface area contributed by atoms with Crippen molar-refractivity contribution in [3.63, 3.8) is 0 Å². The summed E-state index contributed by atoms with van der Waals surface area (Å²) in [7, 11) is 0. The van der Waals surface area contributed by atoms with Gasteiger partial charge in [-0.1, -0.05) is 110 Å². The van der Waals surface area contributed by atoms with E-state index in [9.17, 15) is 5.11 Å². The highest BCUT2D eigenvalue weighted by Crippen LogP contribution is 2.34. The number of hydrogen-bond donors (Lipinski definition) is 1. The van der Waals surface area contributed by atoms with Crippen LogP contribution >= 0.6 is 0 Å². The van der Waals surface area contributed by atoms with Gasteiger partial charge in [0, 0.05) is 0 Å². The van der Waals surface area contributed by atoms with Gasteiger partial charge in [0.15, 0.2) is 0 Å². The summed E-state index contributed by atoms with van der Waals surface area (Å²) in [5.41, 5.74) is 2.69. The monoisotopic (exact) mass is 374 g/mol. The van der Waals surface area contributed by atoms with Crippen molar-refractivity contribution >= 4 is 0 Å². The van der Waals surface area contributed by atoms with E-state index in [1.807, 2.05) is 6.07 Å². The molecule has 0 spiro atoms. The van der Waals surface area contributed by atoms with Gasteiger partial charge in [-0.3, -0.25) is 0 Å². The quantitative estimate of drug-likeness (QED) is 0.270. The fraction of sp³-hybridized carbons (Fsp3) is 0.769. The fourth-order valence-corrected chi connectivity index (χ4v) is 4.30. The first-order valence-electron chi connectivity index (χ1n) is 12.0. The molecule has 0 heterocycles. The molecule has 1 heteroatoms. The highest BCUT2D eigenvalue weighted by molar-refractivity contribution is 5.41. The lowest BCUT2D eigenvalue weighted by Gasteiger charge is -2.21. The summed E-state index contributed by atoms with van der Waals surface area (Å²) in [6.45, 7) is 6.85. The molecule has 0 aliphatic carbocycles. The minimum atomic E-state index is 0.533. The van der Waals surface area contributed by atoms with E-state index >= 15 is 0 Å². The second-order valence-electron chi connectivity index (χ2n) is 8.40. The van der Waals surface area contributed by atoms with E-state index in [0.29, 0.717) is 11.7 Å². The van der Waals surface area contributed by atoms with Crippen LogP contribution in [0.2, 0.25) is 0 Å². The molecule has 1 unspecified atom stereocenters. The summed E-state index contributed by atoms with van der Waals surface area (Å²) < 4.78 is 0. The minimum absolute atomic E-state index is 0.533. The number of unbranched alkanes of at least 4 members (excludes halogenated alkanes) is 10. The fourth-order valence-electron chi connectivity index (χ4n) is 4.30. The molecule has 1 aromatic carbocycles. The zero-order valence-corrected chi connectivity index (χ0v) is 18.6. The van der Waals surface area contributed by atoms with Gasteiger partial charge in [0.05, 0.1) is 0 Å². The van der Waals surface area contributed by atoms with Crippen molar-refractivity contribution in [1.29, 1.82) is 0 Å². The van der Waals surface area contributed by atoms with Gasteiger partial charge in [-0.25, -0.2) is 0 Å². The van der Waals surface area contributed by atoms with E-state index in [1.54, 1.807) is 0 Å². The Kier molecular flexibility index (Phi) is 14.3. The molecular weight excluding hydrogens is 328 g/mol. The van der Waals surface area contributed by atoms with E-state index in [1.165, 1.54) is 107 Å². The summed E-state index contributed by atoms with van der Waals surface area (Å²) >= 11 is 0. The molecule has 27 heavy (non-hydrogen) atoms. The Morgan fingerprint density at radius 1 is 0.667 bits per heavy atom. The Morgan fingerprint density at radius 3 is 1.89 bits per heavy atom. The molecule has 0 saturated heterocycles. The lowest BCUT2D eigenvalue weighted by molar-refractivity contribution is 0.458. The second-order valence-corrected chi connectivity index (χ2v) is 8.40. The largest absolute Gasteiger partial charge is 0.508 e. The number of benzene rings is 1. The second kappa shape index (κ2) is 16.0. The van der Waals surface area contributed by atoms with E-state index < -0.39 is 0 Å². The van der Waals surface area contributed by atoms with Crippen LogP contribution in [-0.4, -0.2) is 5.11 Å². The molecule has 1 atom stereocenters. The Morgan fingerprint density at radius 2 is 1.26 bits per heavy atom. The van der Waals surface area contributed by atoms with Crippen molar-refractivity contribution in [2.24, 2.45) is 0 Å². The van der Waals surface area contributed by atoms with Crippen molar-refractivity contribution in [2.45, 2.75) is 129 Å². The van der Waals surface area contributed by atoms with Gasteiger partial charge < -0.3 is 5.11 Å². The van der Waals surface area contributed by atoms with Crippen LogP contribution in [0.4, 0.5) is 0 Å². The van der Waals surface area contributed by atoms with Crippen LogP contribution in [0.5, 0.6) is 5.75 Å². The molecule has 0 aliphatic heterocycles. The number of phenols is 1. The van der Waals surface area contributed by atoms with Crippen LogP contribution in [0.1, 0.15) is 134 Å². The molecule has 1 rings (SSSR count). The molecule has 0 radical (unpaired) electrons. The average Bonchev–Trinajstić information content (AvgIpc) is 2.67. The number of phenolic OH excluding ortho intramolecular Hbond substituents is 1. The number of aromatic hydroxyl groups is 1. The lowest BCUT2D eigenvalue weighted by Crippen LogP contribution is -2.04. The van der Waals surface area contributed by atoms with Crippen molar-refractivity contribution in [1.82, 2.24) is 0 Å². The average molecular weight is 375 g/mol. The molecule has 0 bridgehead atoms. The summed E-state index contributed by atoms with van der Waals surface area (Å²) in [6.07, 6.45) is 20.9. The highest BCUT2D eigenvalue weighted by Gasteiger charge is 2.16. The smallest absolute Gasteiger partial charge is 0.119 e. The third-order valence-corrected chi connectivity index (χ3v) is 5.95. The molecule has 0 aliphatic rings. The molecule has 0 saturated carbocycles. The molecule has 1 N–H and O–H groups in total. The van der Waals surface area contributed by atoms with Crippen molar-refractivity contribution < 1.29 is 5.11 Å². The van der Waals surface area contributed by atoms with Gasteiger partial charge in [-0.2, -0.15) is 0 Å². The van der Waals surface area contributed by atoms with Gasteiger partial charge in [-0.15, -0.1) is 0 Å². The summed E-state index contributed by atoms with van der Waals surface area (Å²) in [5, 5.41) is 10.5. The predicted molar refractivity (Wildman–Crippen MR) is 121 cm³/mol. The lowest BCUT2D eigenvalue weighted by atomic mass is 9.84. The SMILES string of the molecule is CCCCCCCCCCc1c(O)cccc1C(CCC)CCCCCC. The zero-order valence-electron chi connectivity index (χ0n) is 18.6. The van der Waals surface area contributed by atoms with E-state index in [-0.39, 0.29) is 0 Å². The van der Waals surface area contributed by atoms with Crippen LogP contribution in [0.25, 0.3) is 0 Å². The van der Waals surface area contributed by atoms with E-state index in [2.05, 4.69) is 32.9 Å². The molecule has 0 fully saturated rings. The molecule has 156 valence electrons. The first-order valence-corrected chi connectivity index (χ1v) is 12.0. The standard InChI is InChI=1S/C26H46O/c1-4-7-9-11-12-13-14-16-20-25-24(21-17-22-26(25)27)23(18-6-3)19-15-10-8-5-2/h17,21-23,27H,4-16,18-20H2,1-3H3. The molecule has 0 aromatic heterocycles. The third-order valence-electron chi connectivity index (χ3n) is 5.95. The summed E-state index contributed by atoms with van der Waals surface area (Å²) in [4.78, 5) is 0. The third kappa shape index (κ3) is 10.2. The first-order chi connectivity index (χ1) is 13.2. The summed E-state index contributed by atoms with van der Waals surface area (Å²) in [5.74, 6) is 1.16. The zero-order chi connectivity index (χ0) is 19.7. The van der Waals surface area contributed by atoms with Crippen LogP contribution in [0, 0.1) is 0 Å². The Bertz CT molecular complexity index is 465. The normalized spacial score (nSPS) is 12.4. The molecule has 1 nitrogen and oxygen atoms in total. The Labute approximate surface area is 170 Å². The van der Waals surface area contributed by atoms with E-state index in [4.69, 9.17) is 0 Å².